The van der Waals surface area contributed by atoms with E-state index in [2.05, 4.69) is 10.5 Å². The van der Waals surface area contributed by atoms with Crippen LogP contribution in [0.1, 0.15) is 50.5 Å². The number of nitrogens with one attached hydrogen (secondary N) is 1. The van der Waals surface area contributed by atoms with E-state index in [9.17, 15) is 13.2 Å². The fraction of sp³-hybridized carbons (Fsp3) is 0.391. The maximum Gasteiger partial charge on any atom is 0.264 e. The van der Waals surface area contributed by atoms with E-state index < -0.39 is 15.9 Å². The van der Waals surface area contributed by atoms with Crippen molar-refractivity contribution in [3.05, 3.63) is 60.2 Å². The van der Waals surface area contributed by atoms with Crippen molar-refractivity contribution >= 4 is 27.3 Å². The first-order valence-electron chi connectivity index (χ1n) is 10.5. The number of sulfonamides is 1. The van der Waals surface area contributed by atoms with Gasteiger partial charge in [-0.2, -0.15) is 5.10 Å². The molecule has 0 spiro atoms. The Hall–Kier alpha value is -2.67. The molecule has 0 saturated heterocycles. The van der Waals surface area contributed by atoms with Crippen LogP contribution in [-0.2, 0) is 14.8 Å². The number of amides is 1. The van der Waals surface area contributed by atoms with Crippen LogP contribution in [0, 0.1) is 6.92 Å². The lowest BCUT2D eigenvalue weighted by Crippen LogP contribution is -2.39. The van der Waals surface area contributed by atoms with Crippen molar-refractivity contribution in [1.29, 1.82) is 0 Å². The largest absolute Gasteiger partial charge is 0.271 e. The van der Waals surface area contributed by atoms with Gasteiger partial charge in [0.05, 0.1) is 10.6 Å². The monoisotopic (exact) mass is 427 g/mol. The highest BCUT2D eigenvalue weighted by Gasteiger charge is 2.27. The van der Waals surface area contributed by atoms with Gasteiger partial charge in [-0.05, 0) is 62.4 Å². The van der Waals surface area contributed by atoms with Crippen LogP contribution in [0.15, 0.2) is 64.6 Å². The quantitative estimate of drug-likeness (QED) is 0.694. The molecule has 1 fully saturated rings. The second-order valence-electron chi connectivity index (χ2n) is 7.64. The molecule has 1 aliphatic rings. The minimum absolute atomic E-state index is 0.144. The van der Waals surface area contributed by atoms with E-state index in [-0.39, 0.29) is 11.4 Å². The summed E-state index contributed by atoms with van der Waals surface area (Å²) >= 11 is 0. The van der Waals surface area contributed by atoms with E-state index in [1.54, 1.807) is 36.4 Å². The third kappa shape index (κ3) is 5.92. The number of nitrogens with zero attached hydrogens (tertiary/aromatic N) is 2. The SMILES string of the molecule is Cc1cccc(N(CC(=O)NN=C2CCCCCCC2)S(=O)(=O)c2ccccc2)c1. The Balaban J connectivity index is 1.81. The maximum absolute atomic E-state index is 13.3. The van der Waals surface area contributed by atoms with Crippen molar-refractivity contribution in [1.82, 2.24) is 5.43 Å². The average molecular weight is 428 g/mol. The first-order chi connectivity index (χ1) is 14.5. The Morgan fingerprint density at radius 3 is 2.30 bits per heavy atom. The predicted octanol–water partition coefficient (Wildman–Crippen LogP) is 4.41. The van der Waals surface area contributed by atoms with E-state index in [0.717, 1.165) is 41.3 Å². The highest BCUT2D eigenvalue weighted by molar-refractivity contribution is 7.92. The number of hydrogen-bond acceptors (Lipinski definition) is 4. The Morgan fingerprint density at radius 2 is 1.63 bits per heavy atom. The summed E-state index contributed by atoms with van der Waals surface area (Å²) in [6.07, 6.45) is 7.53. The molecule has 0 aromatic heterocycles. The normalized spacial score (nSPS) is 15.0. The molecule has 1 saturated carbocycles. The average Bonchev–Trinajstić information content (AvgIpc) is 2.72. The van der Waals surface area contributed by atoms with E-state index in [0.29, 0.717) is 5.69 Å². The number of anilines is 1. The third-order valence-electron chi connectivity index (χ3n) is 5.18. The summed E-state index contributed by atoms with van der Waals surface area (Å²) in [7, 11) is -3.90. The fourth-order valence-electron chi connectivity index (χ4n) is 3.55. The highest BCUT2D eigenvalue weighted by Crippen LogP contribution is 2.24. The number of hydrazone groups is 1. The lowest BCUT2D eigenvalue weighted by molar-refractivity contribution is -0.119. The predicted molar refractivity (Wildman–Crippen MR) is 120 cm³/mol. The summed E-state index contributed by atoms with van der Waals surface area (Å²) in [4.78, 5) is 12.8. The zero-order valence-electron chi connectivity index (χ0n) is 17.4. The summed E-state index contributed by atoms with van der Waals surface area (Å²) < 4.78 is 27.7. The second kappa shape index (κ2) is 10.4. The summed E-state index contributed by atoms with van der Waals surface area (Å²) in [5.74, 6) is -0.453. The lowest BCUT2D eigenvalue weighted by Gasteiger charge is -2.24. The first-order valence-corrected chi connectivity index (χ1v) is 11.9. The molecule has 160 valence electrons. The molecule has 2 aromatic rings. The van der Waals surface area contributed by atoms with Crippen LogP contribution >= 0.6 is 0 Å². The Labute approximate surface area is 179 Å². The Bertz CT molecular complexity index is 978. The van der Waals surface area contributed by atoms with Gasteiger partial charge in [-0.15, -0.1) is 0 Å². The molecule has 0 bridgehead atoms. The zero-order chi connectivity index (χ0) is 21.4. The second-order valence-corrected chi connectivity index (χ2v) is 9.51. The molecule has 0 atom stereocenters. The van der Waals surface area contributed by atoms with Gasteiger partial charge >= 0.3 is 0 Å². The molecule has 0 aliphatic heterocycles. The van der Waals surface area contributed by atoms with Crippen molar-refractivity contribution in [3.63, 3.8) is 0 Å². The van der Waals surface area contributed by atoms with Gasteiger partial charge in [0.2, 0.25) is 0 Å². The van der Waals surface area contributed by atoms with Crippen LogP contribution in [-0.4, -0.2) is 26.6 Å². The van der Waals surface area contributed by atoms with Gasteiger partial charge in [-0.25, -0.2) is 13.8 Å². The van der Waals surface area contributed by atoms with Gasteiger partial charge in [0.1, 0.15) is 6.54 Å². The van der Waals surface area contributed by atoms with E-state index in [1.165, 1.54) is 31.4 Å². The van der Waals surface area contributed by atoms with Gasteiger partial charge in [-0.3, -0.25) is 9.10 Å². The highest BCUT2D eigenvalue weighted by atomic mass is 32.2. The first kappa shape index (κ1) is 22.0. The zero-order valence-corrected chi connectivity index (χ0v) is 18.2. The van der Waals surface area contributed by atoms with E-state index >= 15 is 0 Å². The standard InChI is InChI=1S/C23H29N3O3S/c1-19-11-10-14-21(17-19)26(30(28,29)22-15-8-5-9-16-22)18-23(27)25-24-20-12-6-3-2-4-7-13-20/h5,8-11,14-17H,2-4,6-7,12-13,18H2,1H3,(H,25,27). The molecule has 1 N–H and O–H groups in total. The summed E-state index contributed by atoms with van der Waals surface area (Å²) in [6.45, 7) is 1.55. The number of hydrogen-bond donors (Lipinski definition) is 1. The van der Waals surface area contributed by atoms with Crippen LogP contribution in [0.5, 0.6) is 0 Å². The molecule has 30 heavy (non-hydrogen) atoms. The maximum atomic E-state index is 13.3. The van der Waals surface area contributed by atoms with Crippen LogP contribution in [0.25, 0.3) is 0 Å². The molecule has 6 nitrogen and oxygen atoms in total. The number of rotatable bonds is 6. The van der Waals surface area contributed by atoms with Crippen molar-refractivity contribution in [2.24, 2.45) is 5.10 Å². The topological polar surface area (TPSA) is 78.8 Å². The molecule has 0 heterocycles. The van der Waals surface area contributed by atoms with Crippen molar-refractivity contribution in [2.45, 2.75) is 56.8 Å². The fourth-order valence-corrected chi connectivity index (χ4v) is 4.98. The smallest absolute Gasteiger partial charge is 0.264 e. The van der Waals surface area contributed by atoms with Crippen molar-refractivity contribution in [2.75, 3.05) is 10.8 Å². The number of carbonyl (C=O) groups is 1. The van der Waals surface area contributed by atoms with Crippen molar-refractivity contribution < 1.29 is 13.2 Å². The lowest BCUT2D eigenvalue weighted by atomic mass is 9.99. The molecular weight excluding hydrogens is 398 g/mol. The Morgan fingerprint density at radius 1 is 0.967 bits per heavy atom. The molecule has 2 aromatic carbocycles. The molecule has 3 rings (SSSR count). The minimum Gasteiger partial charge on any atom is -0.271 e. The van der Waals surface area contributed by atoms with E-state index in [4.69, 9.17) is 0 Å². The number of benzene rings is 2. The summed E-state index contributed by atoms with van der Waals surface area (Å²) in [5, 5.41) is 4.30. The van der Waals surface area contributed by atoms with Crippen LogP contribution in [0.4, 0.5) is 5.69 Å². The molecule has 7 heteroatoms. The third-order valence-corrected chi connectivity index (χ3v) is 6.97. The van der Waals surface area contributed by atoms with Gasteiger partial charge in [0, 0.05) is 5.71 Å². The summed E-state index contributed by atoms with van der Waals surface area (Å²) in [5.41, 5.74) is 4.93. The Kier molecular flexibility index (Phi) is 7.63. The molecular formula is C23H29N3O3S. The van der Waals surface area contributed by atoms with Gasteiger partial charge < -0.3 is 0 Å². The van der Waals surface area contributed by atoms with E-state index in [1.807, 2.05) is 13.0 Å². The van der Waals surface area contributed by atoms with Crippen LogP contribution in [0.2, 0.25) is 0 Å². The molecule has 0 radical (unpaired) electrons. The number of carbonyl (C=O) groups excluding carboxylic acids is 1. The van der Waals surface area contributed by atoms with Crippen molar-refractivity contribution in [3.8, 4) is 0 Å². The molecule has 1 amide bonds. The van der Waals surface area contributed by atoms with Gasteiger partial charge in [-0.1, -0.05) is 49.6 Å². The van der Waals surface area contributed by atoms with Crippen LogP contribution in [0.3, 0.4) is 0 Å². The molecule has 1 aliphatic carbocycles. The van der Waals surface area contributed by atoms with Gasteiger partial charge in [0.25, 0.3) is 15.9 Å². The minimum atomic E-state index is -3.90. The summed E-state index contributed by atoms with van der Waals surface area (Å²) in [6, 6.07) is 15.3. The molecule has 0 unspecified atom stereocenters. The number of aryl methyl sites for hydroxylation is 1. The van der Waals surface area contributed by atoms with Crippen LogP contribution < -0.4 is 9.73 Å². The van der Waals surface area contributed by atoms with Gasteiger partial charge in [0.15, 0.2) is 0 Å².